The largest absolute Gasteiger partial charge is 0.331 e. The minimum absolute atomic E-state index is 0.0483. The molecule has 0 aliphatic carbocycles. The summed E-state index contributed by atoms with van der Waals surface area (Å²) < 4.78 is 1.03. The van der Waals surface area contributed by atoms with E-state index in [1.807, 2.05) is 43.3 Å². The van der Waals surface area contributed by atoms with Gasteiger partial charge in [0.05, 0.1) is 6.04 Å². The molecule has 2 aromatic rings. The molecule has 0 aliphatic rings. The number of halogens is 1. The van der Waals surface area contributed by atoms with Gasteiger partial charge in [-0.25, -0.2) is 4.79 Å². The average Bonchev–Trinajstić information content (AvgIpc) is 2.50. The van der Waals surface area contributed by atoms with Gasteiger partial charge in [-0.3, -0.25) is 4.98 Å². The Morgan fingerprint density at radius 2 is 1.86 bits per heavy atom. The van der Waals surface area contributed by atoms with E-state index in [-0.39, 0.29) is 12.1 Å². The minimum Gasteiger partial charge on any atom is -0.331 e. The van der Waals surface area contributed by atoms with E-state index in [2.05, 4.69) is 26.2 Å². The van der Waals surface area contributed by atoms with E-state index in [1.54, 1.807) is 24.3 Å². The Morgan fingerprint density at radius 3 is 2.48 bits per heavy atom. The summed E-state index contributed by atoms with van der Waals surface area (Å²) in [7, 11) is 1.79. The summed E-state index contributed by atoms with van der Waals surface area (Å²) in [4.78, 5) is 17.8. The van der Waals surface area contributed by atoms with Gasteiger partial charge in [0.1, 0.15) is 0 Å². The summed E-state index contributed by atoms with van der Waals surface area (Å²) in [5, 5.41) is 2.98. The topological polar surface area (TPSA) is 45.2 Å². The zero-order chi connectivity index (χ0) is 15.2. The summed E-state index contributed by atoms with van der Waals surface area (Å²) in [5.74, 6) is 0. The van der Waals surface area contributed by atoms with E-state index in [4.69, 9.17) is 0 Å². The van der Waals surface area contributed by atoms with Crippen molar-refractivity contribution in [3.63, 3.8) is 0 Å². The number of carbonyl (C=O) groups is 1. The van der Waals surface area contributed by atoms with Crippen LogP contribution in [-0.4, -0.2) is 23.0 Å². The Labute approximate surface area is 133 Å². The van der Waals surface area contributed by atoms with Gasteiger partial charge in [-0.1, -0.05) is 28.1 Å². The Morgan fingerprint density at radius 1 is 1.24 bits per heavy atom. The van der Waals surface area contributed by atoms with E-state index < -0.39 is 0 Å². The van der Waals surface area contributed by atoms with Crippen molar-refractivity contribution in [2.24, 2.45) is 0 Å². The van der Waals surface area contributed by atoms with Crippen molar-refractivity contribution in [2.45, 2.75) is 19.5 Å². The van der Waals surface area contributed by atoms with Gasteiger partial charge in [0.15, 0.2) is 0 Å². The van der Waals surface area contributed by atoms with Crippen molar-refractivity contribution >= 4 is 22.0 Å². The quantitative estimate of drug-likeness (QED) is 0.915. The van der Waals surface area contributed by atoms with E-state index in [9.17, 15) is 4.79 Å². The highest BCUT2D eigenvalue weighted by Gasteiger charge is 2.13. The number of hydrogen-bond acceptors (Lipinski definition) is 2. The fourth-order valence-electron chi connectivity index (χ4n) is 1.97. The van der Waals surface area contributed by atoms with Crippen LogP contribution in [-0.2, 0) is 6.54 Å². The normalized spacial score (nSPS) is 11.8. The summed E-state index contributed by atoms with van der Waals surface area (Å²) in [6.45, 7) is 2.53. The van der Waals surface area contributed by atoms with Crippen molar-refractivity contribution in [1.82, 2.24) is 15.2 Å². The third-order valence-corrected chi connectivity index (χ3v) is 3.75. The molecule has 0 saturated heterocycles. The number of urea groups is 1. The number of amides is 2. The van der Waals surface area contributed by atoms with Gasteiger partial charge >= 0.3 is 6.03 Å². The molecule has 1 atom stereocenters. The zero-order valence-electron chi connectivity index (χ0n) is 12.1. The van der Waals surface area contributed by atoms with Gasteiger partial charge in [0.25, 0.3) is 0 Å². The third-order valence-electron chi connectivity index (χ3n) is 3.23. The predicted octanol–water partition coefficient (Wildman–Crippen LogP) is 3.75. The standard InChI is InChI=1S/C16H18BrN3O/c1-12(14-7-9-18-10-8-14)19-16(21)20(2)11-13-3-5-15(17)6-4-13/h3-10,12H,11H2,1-2H3,(H,19,21)/t12-/m0/s1. The van der Waals surface area contributed by atoms with Crippen molar-refractivity contribution in [1.29, 1.82) is 0 Å². The van der Waals surface area contributed by atoms with E-state index in [0.717, 1.165) is 15.6 Å². The summed E-state index contributed by atoms with van der Waals surface area (Å²) in [6, 6.07) is 11.6. The van der Waals surface area contributed by atoms with Gasteiger partial charge in [0, 0.05) is 30.5 Å². The van der Waals surface area contributed by atoms with Crippen LogP contribution in [0.3, 0.4) is 0 Å². The molecule has 0 bridgehead atoms. The van der Waals surface area contributed by atoms with Gasteiger partial charge in [-0.05, 0) is 42.3 Å². The van der Waals surface area contributed by atoms with Crippen LogP contribution in [0.15, 0.2) is 53.3 Å². The molecule has 0 fully saturated rings. The monoisotopic (exact) mass is 347 g/mol. The lowest BCUT2D eigenvalue weighted by atomic mass is 10.1. The molecule has 0 radical (unpaired) electrons. The second kappa shape index (κ2) is 7.22. The minimum atomic E-state index is -0.0952. The van der Waals surface area contributed by atoms with Crippen LogP contribution in [0.1, 0.15) is 24.1 Å². The van der Waals surface area contributed by atoms with Crippen molar-refractivity contribution in [3.05, 3.63) is 64.4 Å². The summed E-state index contributed by atoms with van der Waals surface area (Å²) in [5.41, 5.74) is 2.13. The average molecular weight is 348 g/mol. The molecule has 0 unspecified atom stereocenters. The van der Waals surface area contributed by atoms with Crippen LogP contribution >= 0.6 is 15.9 Å². The van der Waals surface area contributed by atoms with Crippen LogP contribution in [0, 0.1) is 0 Å². The van der Waals surface area contributed by atoms with Gasteiger partial charge in [-0.2, -0.15) is 0 Å². The van der Waals surface area contributed by atoms with Crippen LogP contribution in [0.4, 0.5) is 4.79 Å². The first kappa shape index (κ1) is 15.5. The summed E-state index contributed by atoms with van der Waals surface area (Å²) >= 11 is 3.40. The molecule has 4 nitrogen and oxygen atoms in total. The highest BCUT2D eigenvalue weighted by molar-refractivity contribution is 9.10. The van der Waals surface area contributed by atoms with Crippen LogP contribution in [0.25, 0.3) is 0 Å². The molecular weight excluding hydrogens is 330 g/mol. The second-order valence-corrected chi connectivity index (χ2v) is 5.85. The molecule has 1 aromatic heterocycles. The number of nitrogens with zero attached hydrogens (tertiary/aromatic N) is 2. The van der Waals surface area contributed by atoms with E-state index in [0.29, 0.717) is 6.54 Å². The molecular formula is C16H18BrN3O. The Bertz CT molecular complexity index is 586. The maximum Gasteiger partial charge on any atom is 0.317 e. The molecule has 0 aliphatic heterocycles. The van der Waals surface area contributed by atoms with E-state index in [1.165, 1.54) is 0 Å². The maximum atomic E-state index is 12.2. The Kier molecular flexibility index (Phi) is 5.33. The SMILES string of the molecule is C[C@H](NC(=O)N(C)Cc1ccc(Br)cc1)c1ccncc1. The first-order valence-corrected chi connectivity index (χ1v) is 7.51. The number of benzene rings is 1. The highest BCUT2D eigenvalue weighted by Crippen LogP contribution is 2.13. The Hall–Kier alpha value is -1.88. The fraction of sp³-hybridized carbons (Fsp3) is 0.250. The second-order valence-electron chi connectivity index (χ2n) is 4.93. The van der Waals surface area contributed by atoms with Crippen LogP contribution < -0.4 is 5.32 Å². The first-order valence-electron chi connectivity index (χ1n) is 6.72. The summed E-state index contributed by atoms with van der Waals surface area (Å²) in [6.07, 6.45) is 3.45. The number of hydrogen-bond donors (Lipinski definition) is 1. The smallest absolute Gasteiger partial charge is 0.317 e. The Balaban J connectivity index is 1.92. The maximum absolute atomic E-state index is 12.2. The highest BCUT2D eigenvalue weighted by atomic mass is 79.9. The zero-order valence-corrected chi connectivity index (χ0v) is 13.7. The number of pyridine rings is 1. The molecule has 0 spiro atoms. The number of rotatable bonds is 4. The van der Waals surface area contributed by atoms with Gasteiger partial charge in [-0.15, -0.1) is 0 Å². The molecule has 1 aromatic carbocycles. The molecule has 1 N–H and O–H groups in total. The number of nitrogens with one attached hydrogen (secondary N) is 1. The molecule has 2 rings (SSSR count). The molecule has 110 valence electrons. The molecule has 1 heterocycles. The van der Waals surface area contributed by atoms with Crippen molar-refractivity contribution in [3.8, 4) is 0 Å². The molecule has 0 saturated carbocycles. The number of aromatic nitrogens is 1. The van der Waals surface area contributed by atoms with Gasteiger partial charge in [0.2, 0.25) is 0 Å². The first-order chi connectivity index (χ1) is 10.1. The van der Waals surface area contributed by atoms with Crippen molar-refractivity contribution < 1.29 is 4.79 Å². The lowest BCUT2D eigenvalue weighted by molar-refractivity contribution is 0.203. The lowest BCUT2D eigenvalue weighted by Crippen LogP contribution is -2.38. The number of carbonyl (C=O) groups excluding carboxylic acids is 1. The van der Waals surface area contributed by atoms with Crippen LogP contribution in [0.5, 0.6) is 0 Å². The molecule has 2 amide bonds. The van der Waals surface area contributed by atoms with Crippen LogP contribution in [0.2, 0.25) is 0 Å². The molecule has 21 heavy (non-hydrogen) atoms. The lowest BCUT2D eigenvalue weighted by Gasteiger charge is -2.21. The molecule has 5 heteroatoms. The van der Waals surface area contributed by atoms with Crippen molar-refractivity contribution in [2.75, 3.05) is 7.05 Å². The third kappa shape index (κ3) is 4.56. The predicted molar refractivity (Wildman–Crippen MR) is 86.8 cm³/mol. The van der Waals surface area contributed by atoms with Gasteiger partial charge < -0.3 is 10.2 Å². The van der Waals surface area contributed by atoms with E-state index >= 15 is 0 Å². The fourth-order valence-corrected chi connectivity index (χ4v) is 2.23.